The third-order valence-electron chi connectivity index (χ3n) is 7.07. The fraction of sp³-hybridized carbons (Fsp3) is 0.370. The van der Waals surface area contributed by atoms with Gasteiger partial charge in [0.15, 0.2) is 6.29 Å². The fourth-order valence-corrected chi connectivity index (χ4v) is 6.33. The number of nitrogens with zero attached hydrogens (tertiary/aromatic N) is 3. The van der Waals surface area contributed by atoms with Crippen molar-refractivity contribution in [3.05, 3.63) is 63.5 Å². The van der Waals surface area contributed by atoms with Crippen molar-refractivity contribution in [1.29, 1.82) is 0 Å². The van der Waals surface area contributed by atoms with E-state index in [1.54, 1.807) is 0 Å². The molecule has 9 heteroatoms. The van der Waals surface area contributed by atoms with Gasteiger partial charge in [0.1, 0.15) is 17.1 Å². The van der Waals surface area contributed by atoms with Crippen molar-refractivity contribution in [3.63, 3.8) is 0 Å². The van der Waals surface area contributed by atoms with Gasteiger partial charge in [0.25, 0.3) is 0 Å². The van der Waals surface area contributed by atoms with Crippen molar-refractivity contribution in [2.75, 3.05) is 18.0 Å². The predicted molar refractivity (Wildman–Crippen MR) is 144 cm³/mol. The Bertz CT molecular complexity index is 1390. The summed E-state index contributed by atoms with van der Waals surface area (Å²) >= 11 is 14.4. The first-order valence-electron chi connectivity index (χ1n) is 12.3. The average molecular weight is 542 g/mol. The lowest BCUT2D eigenvalue weighted by atomic mass is 10.0. The van der Waals surface area contributed by atoms with Crippen molar-refractivity contribution in [1.82, 2.24) is 9.53 Å². The van der Waals surface area contributed by atoms with Crippen molar-refractivity contribution in [2.24, 2.45) is 0 Å². The van der Waals surface area contributed by atoms with Crippen LogP contribution >= 0.6 is 34.7 Å². The molecule has 1 aliphatic carbocycles. The lowest BCUT2D eigenvalue weighted by molar-refractivity contribution is 0.0328. The summed E-state index contributed by atoms with van der Waals surface area (Å²) in [6.45, 7) is 2.29. The summed E-state index contributed by atoms with van der Waals surface area (Å²) in [5, 5.41) is 6.41. The molecule has 0 N–H and O–H groups in total. The normalized spacial score (nSPS) is 18.5. The molecule has 1 saturated carbocycles. The Morgan fingerprint density at radius 1 is 1.11 bits per heavy atom. The molecule has 0 spiro atoms. The maximum absolute atomic E-state index is 11.2. The van der Waals surface area contributed by atoms with Gasteiger partial charge in [-0.05, 0) is 74.0 Å². The van der Waals surface area contributed by atoms with Gasteiger partial charge >= 0.3 is 0 Å². The molecule has 1 unspecified atom stereocenters. The van der Waals surface area contributed by atoms with E-state index >= 15 is 0 Å². The van der Waals surface area contributed by atoms with Gasteiger partial charge in [-0.25, -0.2) is 0 Å². The van der Waals surface area contributed by atoms with E-state index in [4.69, 9.17) is 32.5 Å². The number of halogens is 2. The van der Waals surface area contributed by atoms with Gasteiger partial charge in [-0.1, -0.05) is 34.4 Å². The van der Waals surface area contributed by atoms with Crippen molar-refractivity contribution in [3.8, 4) is 11.3 Å². The van der Waals surface area contributed by atoms with E-state index in [1.807, 2.05) is 24.3 Å². The molecule has 1 atom stereocenters. The van der Waals surface area contributed by atoms with Gasteiger partial charge in [-0.2, -0.15) is 4.37 Å². The van der Waals surface area contributed by atoms with Crippen LogP contribution in [0.25, 0.3) is 21.3 Å². The van der Waals surface area contributed by atoms with Gasteiger partial charge in [-0.3, -0.25) is 4.79 Å². The van der Waals surface area contributed by atoms with Crippen molar-refractivity contribution < 1.29 is 14.1 Å². The zero-order valence-corrected chi connectivity index (χ0v) is 21.9. The number of carbonyl (C=O) groups excluding carboxylic acids is 1. The molecule has 3 heterocycles. The second kappa shape index (κ2) is 10.1. The summed E-state index contributed by atoms with van der Waals surface area (Å²) in [7, 11) is 0. The van der Waals surface area contributed by atoms with Gasteiger partial charge < -0.3 is 14.2 Å². The molecular weight excluding hydrogens is 517 g/mol. The molecule has 6 nitrogen and oxygen atoms in total. The van der Waals surface area contributed by atoms with Gasteiger partial charge in [-0.15, -0.1) is 0 Å². The predicted octanol–water partition coefficient (Wildman–Crippen LogP) is 7.52. The molecule has 6 rings (SSSR count). The SMILES string of the molecule is O=Cc1nsc2cc(N3CCCC(OCc4c(-c5c(Cl)cccc5Cl)noc4C4CC4)CC3)ccc12. The van der Waals surface area contributed by atoms with E-state index in [1.165, 1.54) is 11.5 Å². The number of hydrogen-bond acceptors (Lipinski definition) is 7. The molecule has 4 aromatic rings. The number of ether oxygens (including phenoxy) is 1. The molecule has 1 aliphatic heterocycles. The van der Waals surface area contributed by atoms with Crippen LogP contribution in [0.2, 0.25) is 10.0 Å². The van der Waals surface area contributed by atoms with E-state index in [0.717, 1.165) is 78.6 Å². The monoisotopic (exact) mass is 541 g/mol. The Kier molecular flexibility index (Phi) is 6.73. The van der Waals surface area contributed by atoms with Crippen LogP contribution in [0.3, 0.4) is 0 Å². The third-order valence-corrected chi connectivity index (χ3v) is 8.52. The number of aromatic nitrogens is 2. The molecule has 36 heavy (non-hydrogen) atoms. The minimum Gasteiger partial charge on any atom is -0.373 e. The summed E-state index contributed by atoms with van der Waals surface area (Å²) in [5.41, 5.74) is 4.04. The molecule has 186 valence electrons. The van der Waals surface area contributed by atoms with Gasteiger partial charge in [0.2, 0.25) is 0 Å². The first-order chi connectivity index (χ1) is 17.6. The number of carbonyl (C=O) groups is 1. The molecule has 2 fully saturated rings. The van der Waals surface area contributed by atoms with Crippen LogP contribution in [0.15, 0.2) is 40.9 Å². The maximum Gasteiger partial charge on any atom is 0.170 e. The third kappa shape index (κ3) is 4.65. The second-order valence-electron chi connectivity index (χ2n) is 9.46. The van der Waals surface area contributed by atoms with Crippen LogP contribution in [0.5, 0.6) is 0 Å². The average Bonchev–Trinajstić information content (AvgIpc) is 3.58. The van der Waals surface area contributed by atoms with Gasteiger partial charge in [0, 0.05) is 41.2 Å². The summed E-state index contributed by atoms with van der Waals surface area (Å²) in [6.07, 6.45) is 6.12. The summed E-state index contributed by atoms with van der Waals surface area (Å²) in [4.78, 5) is 13.6. The summed E-state index contributed by atoms with van der Waals surface area (Å²) < 4.78 is 17.6. The molecule has 0 amide bonds. The molecule has 0 radical (unpaired) electrons. The first kappa shape index (κ1) is 23.9. The fourth-order valence-electron chi connectivity index (χ4n) is 4.97. The Labute approximate surface area is 223 Å². The zero-order chi connectivity index (χ0) is 24.6. The van der Waals surface area contributed by atoms with Crippen LogP contribution in [-0.2, 0) is 11.3 Å². The standard InChI is InChI=1S/C27H25Cl2N3O3S/c28-21-4-1-5-22(29)25(21)26-20(27(35-30-26)16-6-7-16)15-34-18-3-2-11-32(12-10-18)17-8-9-19-23(14-33)31-36-24(19)13-17/h1,4-5,8-9,13-14,16,18H,2-3,6-7,10-12,15H2. The number of anilines is 1. The minimum atomic E-state index is 0.139. The van der Waals surface area contributed by atoms with Gasteiger partial charge in [0.05, 0.1) is 27.5 Å². The Morgan fingerprint density at radius 3 is 2.72 bits per heavy atom. The molecular formula is C27H25Cl2N3O3S. The van der Waals surface area contributed by atoms with Crippen LogP contribution in [-0.4, -0.2) is 35.0 Å². The van der Waals surface area contributed by atoms with Crippen molar-refractivity contribution >= 4 is 56.8 Å². The van der Waals surface area contributed by atoms with E-state index in [9.17, 15) is 4.79 Å². The lowest BCUT2D eigenvalue weighted by Crippen LogP contribution is -2.24. The number of aldehydes is 1. The Hall–Kier alpha value is -2.45. The summed E-state index contributed by atoms with van der Waals surface area (Å²) in [6, 6.07) is 11.7. The number of hydrogen-bond donors (Lipinski definition) is 0. The molecule has 1 saturated heterocycles. The quantitative estimate of drug-likeness (QED) is 0.225. The van der Waals surface area contributed by atoms with Crippen LogP contribution in [0.4, 0.5) is 5.69 Å². The summed E-state index contributed by atoms with van der Waals surface area (Å²) in [5.74, 6) is 1.31. The Morgan fingerprint density at radius 2 is 1.94 bits per heavy atom. The maximum atomic E-state index is 11.2. The first-order valence-corrected chi connectivity index (χ1v) is 13.8. The Balaban J connectivity index is 1.17. The molecule has 0 bridgehead atoms. The van der Waals surface area contributed by atoms with E-state index in [-0.39, 0.29) is 6.10 Å². The van der Waals surface area contributed by atoms with Crippen LogP contribution in [0, 0.1) is 0 Å². The molecule has 2 aliphatic rings. The number of fused-ring (bicyclic) bond motifs is 1. The lowest BCUT2D eigenvalue weighted by Gasteiger charge is -2.23. The smallest absolute Gasteiger partial charge is 0.170 e. The van der Waals surface area contributed by atoms with E-state index < -0.39 is 0 Å². The highest BCUT2D eigenvalue weighted by Crippen LogP contribution is 2.46. The zero-order valence-electron chi connectivity index (χ0n) is 19.6. The molecule has 2 aromatic heterocycles. The van der Waals surface area contributed by atoms with E-state index in [2.05, 4.69) is 26.6 Å². The van der Waals surface area contributed by atoms with E-state index in [0.29, 0.717) is 39.5 Å². The number of rotatable bonds is 7. The highest BCUT2D eigenvalue weighted by Gasteiger charge is 2.34. The van der Waals surface area contributed by atoms with Crippen LogP contribution < -0.4 is 4.90 Å². The number of benzene rings is 2. The largest absolute Gasteiger partial charge is 0.373 e. The second-order valence-corrected chi connectivity index (χ2v) is 11.1. The highest BCUT2D eigenvalue weighted by atomic mass is 35.5. The van der Waals surface area contributed by atoms with Crippen molar-refractivity contribution in [2.45, 2.75) is 50.7 Å². The molecule has 2 aromatic carbocycles. The topological polar surface area (TPSA) is 68.5 Å². The van der Waals surface area contributed by atoms with Crippen LogP contribution in [0.1, 0.15) is 59.8 Å². The minimum absolute atomic E-state index is 0.139. The highest BCUT2D eigenvalue weighted by molar-refractivity contribution is 7.13.